The fourth-order valence-electron chi connectivity index (χ4n) is 2.83. The topological polar surface area (TPSA) is 45.2 Å². The monoisotopic (exact) mass is 281 g/mol. The van der Waals surface area contributed by atoms with Crippen LogP contribution >= 0.6 is 0 Å². The number of carbonyl (C=O) groups excluding carboxylic acids is 1. The van der Waals surface area contributed by atoms with Gasteiger partial charge < -0.3 is 10.2 Å². The standard InChI is InChI=1S/C17H19N3O/c1-18-16-14(7-4-10-19-16)12-20-11-5-8-13-6-2-3-9-15(13)17(20)21/h2-4,6-7,9-10H,5,8,11-12H2,1H3,(H,18,19). The molecule has 2 heterocycles. The molecule has 1 aromatic carbocycles. The van der Waals surface area contributed by atoms with Gasteiger partial charge in [0.25, 0.3) is 5.91 Å². The van der Waals surface area contributed by atoms with E-state index < -0.39 is 0 Å². The summed E-state index contributed by atoms with van der Waals surface area (Å²) in [5.74, 6) is 0.955. The molecule has 3 rings (SSSR count). The molecule has 0 fully saturated rings. The fourth-order valence-corrected chi connectivity index (χ4v) is 2.83. The second-order valence-electron chi connectivity index (χ2n) is 5.25. The van der Waals surface area contributed by atoms with Crippen LogP contribution in [-0.4, -0.2) is 29.4 Å². The normalized spacial score (nSPS) is 14.5. The highest BCUT2D eigenvalue weighted by atomic mass is 16.2. The van der Waals surface area contributed by atoms with E-state index >= 15 is 0 Å². The molecule has 4 heteroatoms. The van der Waals surface area contributed by atoms with Crippen molar-refractivity contribution in [3.63, 3.8) is 0 Å². The molecule has 1 amide bonds. The minimum Gasteiger partial charge on any atom is -0.373 e. The maximum absolute atomic E-state index is 12.7. The Bertz CT molecular complexity index is 654. The highest BCUT2D eigenvalue weighted by molar-refractivity contribution is 5.96. The van der Waals surface area contributed by atoms with Gasteiger partial charge in [-0.1, -0.05) is 24.3 Å². The van der Waals surface area contributed by atoms with Crippen molar-refractivity contribution in [3.05, 3.63) is 59.3 Å². The number of rotatable bonds is 3. The number of pyridine rings is 1. The number of hydrogen-bond donors (Lipinski definition) is 1. The molecule has 21 heavy (non-hydrogen) atoms. The molecule has 0 atom stereocenters. The molecule has 0 bridgehead atoms. The van der Waals surface area contributed by atoms with Crippen molar-refractivity contribution in [3.8, 4) is 0 Å². The van der Waals surface area contributed by atoms with Crippen LogP contribution < -0.4 is 5.32 Å². The zero-order chi connectivity index (χ0) is 14.7. The number of benzene rings is 1. The van der Waals surface area contributed by atoms with Gasteiger partial charge in [0.15, 0.2) is 0 Å². The highest BCUT2D eigenvalue weighted by Crippen LogP contribution is 2.21. The van der Waals surface area contributed by atoms with Crippen LogP contribution in [0.5, 0.6) is 0 Å². The van der Waals surface area contributed by atoms with Crippen LogP contribution in [0.15, 0.2) is 42.6 Å². The molecule has 1 aliphatic rings. The van der Waals surface area contributed by atoms with E-state index in [4.69, 9.17) is 0 Å². The summed E-state index contributed by atoms with van der Waals surface area (Å²) in [6.45, 7) is 1.38. The Balaban J connectivity index is 1.88. The van der Waals surface area contributed by atoms with E-state index in [0.29, 0.717) is 6.54 Å². The summed E-state index contributed by atoms with van der Waals surface area (Å²) < 4.78 is 0. The summed E-state index contributed by atoms with van der Waals surface area (Å²) in [4.78, 5) is 19.0. The van der Waals surface area contributed by atoms with Crippen molar-refractivity contribution in [2.45, 2.75) is 19.4 Å². The Morgan fingerprint density at radius 3 is 2.95 bits per heavy atom. The molecule has 1 aliphatic heterocycles. The maximum Gasteiger partial charge on any atom is 0.254 e. The molecular formula is C17H19N3O. The molecule has 0 radical (unpaired) electrons. The lowest BCUT2D eigenvalue weighted by molar-refractivity contribution is 0.0749. The van der Waals surface area contributed by atoms with Crippen LogP contribution in [0.25, 0.3) is 0 Å². The van der Waals surface area contributed by atoms with E-state index in [0.717, 1.165) is 41.9 Å². The first-order valence-corrected chi connectivity index (χ1v) is 7.28. The number of fused-ring (bicyclic) bond motifs is 1. The van der Waals surface area contributed by atoms with Crippen LogP contribution in [0.4, 0.5) is 5.82 Å². The number of nitrogens with zero attached hydrogens (tertiary/aromatic N) is 2. The molecule has 1 aromatic heterocycles. The summed E-state index contributed by atoms with van der Waals surface area (Å²) in [6.07, 6.45) is 3.72. The molecule has 1 N–H and O–H groups in total. The molecule has 108 valence electrons. The van der Waals surface area contributed by atoms with Gasteiger partial charge in [0, 0.05) is 37.5 Å². The molecule has 0 aliphatic carbocycles. The fraction of sp³-hybridized carbons (Fsp3) is 0.294. The van der Waals surface area contributed by atoms with E-state index in [1.165, 1.54) is 0 Å². The van der Waals surface area contributed by atoms with E-state index in [-0.39, 0.29) is 5.91 Å². The van der Waals surface area contributed by atoms with Crippen molar-refractivity contribution in [2.24, 2.45) is 0 Å². The largest absolute Gasteiger partial charge is 0.373 e. The number of carbonyl (C=O) groups is 1. The maximum atomic E-state index is 12.7. The van der Waals surface area contributed by atoms with Gasteiger partial charge in [-0.15, -0.1) is 0 Å². The summed E-state index contributed by atoms with van der Waals surface area (Å²) in [5, 5.41) is 3.09. The zero-order valence-electron chi connectivity index (χ0n) is 12.2. The van der Waals surface area contributed by atoms with E-state index in [9.17, 15) is 4.79 Å². The second kappa shape index (κ2) is 5.95. The van der Waals surface area contributed by atoms with Gasteiger partial charge in [-0.2, -0.15) is 0 Å². The van der Waals surface area contributed by atoms with Crippen molar-refractivity contribution in [1.82, 2.24) is 9.88 Å². The van der Waals surface area contributed by atoms with Gasteiger partial charge >= 0.3 is 0 Å². The smallest absolute Gasteiger partial charge is 0.254 e. The van der Waals surface area contributed by atoms with Crippen LogP contribution in [0.2, 0.25) is 0 Å². The highest BCUT2D eigenvalue weighted by Gasteiger charge is 2.22. The first-order chi connectivity index (χ1) is 10.3. The lowest BCUT2D eigenvalue weighted by Gasteiger charge is -2.22. The molecule has 0 unspecified atom stereocenters. The van der Waals surface area contributed by atoms with Gasteiger partial charge in [0.05, 0.1) is 0 Å². The van der Waals surface area contributed by atoms with Crippen LogP contribution in [0.1, 0.15) is 27.9 Å². The van der Waals surface area contributed by atoms with Crippen molar-refractivity contribution in [2.75, 3.05) is 18.9 Å². The number of hydrogen-bond acceptors (Lipinski definition) is 3. The Morgan fingerprint density at radius 2 is 2.10 bits per heavy atom. The van der Waals surface area contributed by atoms with Gasteiger partial charge in [0.2, 0.25) is 0 Å². The predicted molar refractivity (Wildman–Crippen MR) is 83.3 cm³/mol. The molecular weight excluding hydrogens is 262 g/mol. The van der Waals surface area contributed by atoms with Crippen LogP contribution in [-0.2, 0) is 13.0 Å². The molecule has 2 aromatic rings. The third kappa shape index (κ3) is 2.75. The van der Waals surface area contributed by atoms with Crippen molar-refractivity contribution < 1.29 is 4.79 Å². The third-order valence-corrected chi connectivity index (χ3v) is 3.90. The van der Waals surface area contributed by atoms with Crippen LogP contribution in [0, 0.1) is 0 Å². The Labute approximate surface area is 124 Å². The van der Waals surface area contributed by atoms with E-state index in [1.54, 1.807) is 6.20 Å². The van der Waals surface area contributed by atoms with Crippen molar-refractivity contribution >= 4 is 11.7 Å². The number of aromatic nitrogens is 1. The summed E-state index contributed by atoms with van der Waals surface area (Å²) in [5.41, 5.74) is 3.04. The summed E-state index contributed by atoms with van der Waals surface area (Å²) in [7, 11) is 1.85. The van der Waals surface area contributed by atoms with Gasteiger partial charge in [-0.3, -0.25) is 4.79 Å². The lowest BCUT2D eigenvalue weighted by Crippen LogP contribution is -2.30. The average molecular weight is 281 g/mol. The van der Waals surface area contributed by atoms with Crippen molar-refractivity contribution in [1.29, 1.82) is 0 Å². The number of amides is 1. The summed E-state index contributed by atoms with van der Waals surface area (Å²) >= 11 is 0. The SMILES string of the molecule is CNc1ncccc1CN1CCCc2ccccc2C1=O. The van der Waals surface area contributed by atoms with E-state index in [2.05, 4.69) is 16.4 Å². The predicted octanol–water partition coefficient (Wildman–Crippen LogP) is 2.71. The molecule has 0 saturated carbocycles. The van der Waals surface area contributed by atoms with Gasteiger partial charge in [-0.05, 0) is 30.5 Å². The second-order valence-corrected chi connectivity index (χ2v) is 5.25. The number of anilines is 1. The average Bonchev–Trinajstić information content (AvgIpc) is 2.68. The Morgan fingerprint density at radius 1 is 1.24 bits per heavy atom. The summed E-state index contributed by atoms with van der Waals surface area (Å²) in [6, 6.07) is 11.8. The molecule has 4 nitrogen and oxygen atoms in total. The Kier molecular flexibility index (Phi) is 3.86. The third-order valence-electron chi connectivity index (χ3n) is 3.90. The number of aryl methyl sites for hydroxylation is 1. The van der Waals surface area contributed by atoms with Crippen LogP contribution in [0.3, 0.4) is 0 Å². The quantitative estimate of drug-likeness (QED) is 0.941. The lowest BCUT2D eigenvalue weighted by atomic mass is 10.0. The van der Waals surface area contributed by atoms with Gasteiger partial charge in [0.1, 0.15) is 5.82 Å². The first-order valence-electron chi connectivity index (χ1n) is 7.28. The minimum atomic E-state index is 0.119. The van der Waals surface area contributed by atoms with Gasteiger partial charge in [-0.25, -0.2) is 4.98 Å². The first kappa shape index (κ1) is 13.6. The van der Waals surface area contributed by atoms with E-state index in [1.807, 2.05) is 42.3 Å². The molecule has 0 spiro atoms. The molecule has 0 saturated heterocycles. The Hall–Kier alpha value is -2.36. The number of nitrogens with one attached hydrogen (secondary N) is 1. The zero-order valence-corrected chi connectivity index (χ0v) is 12.2. The minimum absolute atomic E-state index is 0.119.